The number of benzene rings is 1. The topological polar surface area (TPSA) is 96.6 Å². The average molecular weight is 415 g/mol. The van der Waals surface area contributed by atoms with Crippen LogP contribution in [-0.2, 0) is 13.0 Å². The highest BCUT2D eigenvalue weighted by atomic mass is 16.5. The third-order valence-electron chi connectivity index (χ3n) is 4.97. The minimum Gasteiger partial charge on any atom is -0.491 e. The monoisotopic (exact) mass is 414 g/mol. The first kappa shape index (κ1) is 22.1. The Labute approximate surface area is 178 Å². The summed E-state index contributed by atoms with van der Waals surface area (Å²) in [5.74, 6) is 3.75. The zero-order valence-electron chi connectivity index (χ0n) is 18.4. The van der Waals surface area contributed by atoms with Crippen LogP contribution in [0.15, 0.2) is 29.3 Å². The Balaban J connectivity index is 1.52. The normalized spacial score (nSPS) is 17.5. The van der Waals surface area contributed by atoms with Crippen molar-refractivity contribution in [2.75, 3.05) is 19.7 Å². The van der Waals surface area contributed by atoms with Crippen molar-refractivity contribution in [2.24, 2.45) is 4.99 Å². The second-order valence-corrected chi connectivity index (χ2v) is 8.10. The fourth-order valence-corrected chi connectivity index (χ4v) is 3.35. The molecule has 0 fully saturated rings. The van der Waals surface area contributed by atoms with Gasteiger partial charge in [-0.25, -0.2) is 9.67 Å². The highest BCUT2D eigenvalue weighted by molar-refractivity contribution is 5.80. The number of aliphatic hydroxyl groups is 1. The van der Waals surface area contributed by atoms with Crippen LogP contribution in [0, 0.1) is 6.92 Å². The van der Waals surface area contributed by atoms with Crippen LogP contribution in [-0.4, -0.2) is 57.7 Å². The van der Waals surface area contributed by atoms with Gasteiger partial charge in [0.1, 0.15) is 24.3 Å². The van der Waals surface area contributed by atoms with Crippen LogP contribution >= 0.6 is 0 Å². The van der Waals surface area contributed by atoms with Crippen LogP contribution in [0.25, 0.3) is 0 Å². The van der Waals surface area contributed by atoms with Crippen LogP contribution in [0.3, 0.4) is 0 Å². The minimum atomic E-state index is -0.678. The summed E-state index contributed by atoms with van der Waals surface area (Å²) in [6.45, 7) is 10.2. The maximum atomic E-state index is 10.3. The molecule has 2 aromatic rings. The number of fused-ring (bicyclic) bond motifs is 1. The summed E-state index contributed by atoms with van der Waals surface area (Å²) >= 11 is 0. The molecule has 2 atom stereocenters. The molecule has 30 heavy (non-hydrogen) atoms. The lowest BCUT2D eigenvalue weighted by molar-refractivity contribution is 0.114. The Bertz CT molecular complexity index is 848. The molecular weight excluding hydrogens is 380 g/mol. The van der Waals surface area contributed by atoms with Crippen molar-refractivity contribution in [3.63, 3.8) is 0 Å². The maximum Gasteiger partial charge on any atom is 0.191 e. The molecule has 1 aromatic carbocycles. The lowest BCUT2D eigenvalue weighted by Crippen LogP contribution is -2.47. The van der Waals surface area contributed by atoms with Crippen LogP contribution in [0.4, 0.5) is 0 Å². The second-order valence-electron chi connectivity index (χ2n) is 8.10. The van der Waals surface area contributed by atoms with Gasteiger partial charge < -0.3 is 20.5 Å². The Morgan fingerprint density at radius 1 is 1.40 bits per heavy atom. The van der Waals surface area contributed by atoms with Crippen LogP contribution < -0.4 is 15.4 Å². The van der Waals surface area contributed by atoms with Gasteiger partial charge in [0, 0.05) is 24.9 Å². The first-order chi connectivity index (χ1) is 14.4. The van der Waals surface area contributed by atoms with Crippen molar-refractivity contribution in [1.29, 1.82) is 0 Å². The SMILES string of the molecule is CCNC(=NCC(O)COc1cccc(C)c1)NC1CCc2nc(C(C)C)nn2C1. The lowest BCUT2D eigenvalue weighted by atomic mass is 10.1. The Hall–Kier alpha value is -2.61. The van der Waals surface area contributed by atoms with E-state index in [4.69, 9.17) is 4.74 Å². The van der Waals surface area contributed by atoms with E-state index >= 15 is 0 Å². The fraction of sp³-hybridized carbons (Fsp3) is 0.591. The van der Waals surface area contributed by atoms with E-state index in [9.17, 15) is 5.11 Å². The standard InChI is InChI=1S/C22H34N6O2/c1-5-23-22(24-12-18(29)14-30-19-8-6-7-16(4)11-19)25-17-9-10-20-26-21(15(2)3)27-28(20)13-17/h6-8,11,15,17-18,29H,5,9-10,12-14H2,1-4H3,(H2,23,24,25). The number of ether oxygens (including phenoxy) is 1. The molecular formula is C22H34N6O2. The molecule has 0 spiro atoms. The molecule has 3 rings (SSSR count). The molecule has 2 unspecified atom stereocenters. The summed E-state index contributed by atoms with van der Waals surface area (Å²) in [5, 5.41) is 21.6. The predicted molar refractivity (Wildman–Crippen MR) is 118 cm³/mol. The number of aromatic nitrogens is 3. The highest BCUT2D eigenvalue weighted by Gasteiger charge is 2.23. The number of aliphatic imine (C=N–C) groups is 1. The summed E-state index contributed by atoms with van der Waals surface area (Å²) in [6, 6.07) is 8.02. The van der Waals surface area contributed by atoms with Crippen molar-refractivity contribution in [3.8, 4) is 5.75 Å². The van der Waals surface area contributed by atoms with Crippen LogP contribution in [0.5, 0.6) is 5.75 Å². The molecule has 0 saturated heterocycles. The summed E-state index contributed by atoms with van der Waals surface area (Å²) < 4.78 is 7.68. The van der Waals surface area contributed by atoms with Crippen LogP contribution in [0.2, 0.25) is 0 Å². The van der Waals surface area contributed by atoms with E-state index in [1.54, 1.807) is 0 Å². The zero-order valence-corrected chi connectivity index (χ0v) is 18.4. The second kappa shape index (κ2) is 10.4. The number of rotatable bonds is 8. The van der Waals surface area contributed by atoms with E-state index in [0.29, 0.717) is 11.9 Å². The lowest BCUT2D eigenvalue weighted by Gasteiger charge is -2.25. The van der Waals surface area contributed by atoms with Gasteiger partial charge in [-0.3, -0.25) is 4.99 Å². The molecule has 8 heteroatoms. The zero-order chi connectivity index (χ0) is 21.5. The summed E-state index contributed by atoms with van der Waals surface area (Å²) in [6.07, 6.45) is 1.19. The maximum absolute atomic E-state index is 10.3. The van der Waals surface area contributed by atoms with E-state index in [1.807, 2.05) is 42.8 Å². The van der Waals surface area contributed by atoms with Gasteiger partial charge in [0.25, 0.3) is 0 Å². The summed E-state index contributed by atoms with van der Waals surface area (Å²) in [4.78, 5) is 9.19. The van der Waals surface area contributed by atoms with Crippen molar-refractivity contribution in [2.45, 2.75) is 65.1 Å². The van der Waals surface area contributed by atoms with Crippen molar-refractivity contribution < 1.29 is 9.84 Å². The molecule has 0 radical (unpaired) electrons. The van der Waals surface area contributed by atoms with E-state index in [-0.39, 0.29) is 19.2 Å². The van der Waals surface area contributed by atoms with Crippen molar-refractivity contribution in [3.05, 3.63) is 41.5 Å². The van der Waals surface area contributed by atoms with E-state index in [0.717, 1.165) is 48.9 Å². The van der Waals surface area contributed by atoms with Gasteiger partial charge in [0.05, 0.1) is 13.1 Å². The van der Waals surface area contributed by atoms with E-state index in [1.165, 1.54) is 0 Å². The molecule has 0 bridgehead atoms. The van der Waals surface area contributed by atoms with Gasteiger partial charge in [-0.05, 0) is 38.0 Å². The molecule has 8 nitrogen and oxygen atoms in total. The van der Waals surface area contributed by atoms with Gasteiger partial charge in [-0.2, -0.15) is 5.10 Å². The summed E-state index contributed by atoms with van der Waals surface area (Å²) in [7, 11) is 0. The fourth-order valence-electron chi connectivity index (χ4n) is 3.35. The van der Waals surface area contributed by atoms with Gasteiger partial charge in [0.15, 0.2) is 11.8 Å². The van der Waals surface area contributed by atoms with E-state index < -0.39 is 6.10 Å². The molecule has 0 amide bonds. The Morgan fingerprint density at radius 3 is 2.97 bits per heavy atom. The van der Waals surface area contributed by atoms with Gasteiger partial charge in [-0.1, -0.05) is 26.0 Å². The molecule has 3 N–H and O–H groups in total. The largest absolute Gasteiger partial charge is 0.491 e. The number of nitrogens with zero attached hydrogens (tertiary/aromatic N) is 4. The third kappa shape index (κ3) is 6.19. The van der Waals surface area contributed by atoms with E-state index in [2.05, 4.69) is 39.6 Å². The number of hydrogen-bond donors (Lipinski definition) is 3. The Morgan fingerprint density at radius 2 is 2.23 bits per heavy atom. The number of aliphatic hydroxyl groups excluding tert-OH is 1. The first-order valence-electron chi connectivity index (χ1n) is 10.8. The van der Waals surface area contributed by atoms with Gasteiger partial charge in [-0.15, -0.1) is 0 Å². The molecule has 1 aromatic heterocycles. The number of aryl methyl sites for hydroxylation is 2. The van der Waals surface area contributed by atoms with Gasteiger partial charge in [0.2, 0.25) is 0 Å². The number of nitrogens with one attached hydrogen (secondary N) is 2. The van der Waals surface area contributed by atoms with Crippen molar-refractivity contribution >= 4 is 5.96 Å². The van der Waals surface area contributed by atoms with Crippen LogP contribution in [0.1, 0.15) is 50.3 Å². The average Bonchev–Trinajstić information content (AvgIpc) is 3.14. The molecule has 164 valence electrons. The first-order valence-corrected chi connectivity index (χ1v) is 10.8. The smallest absolute Gasteiger partial charge is 0.191 e. The predicted octanol–water partition coefficient (Wildman–Crippen LogP) is 2.02. The summed E-state index contributed by atoms with van der Waals surface area (Å²) in [5.41, 5.74) is 1.13. The highest BCUT2D eigenvalue weighted by Crippen LogP contribution is 2.17. The number of hydrogen-bond acceptors (Lipinski definition) is 5. The van der Waals surface area contributed by atoms with Gasteiger partial charge >= 0.3 is 0 Å². The molecule has 1 aliphatic heterocycles. The minimum absolute atomic E-state index is 0.204. The molecule has 2 heterocycles. The van der Waals surface area contributed by atoms with Crippen molar-refractivity contribution in [1.82, 2.24) is 25.4 Å². The molecule has 0 aliphatic carbocycles. The number of guanidine groups is 1. The third-order valence-corrected chi connectivity index (χ3v) is 4.97. The quantitative estimate of drug-likeness (QED) is 0.452. The molecule has 1 aliphatic rings. The molecule has 0 saturated carbocycles. The Kier molecular flexibility index (Phi) is 7.68.